The van der Waals surface area contributed by atoms with Gasteiger partial charge in [0.25, 0.3) is 11.8 Å². The summed E-state index contributed by atoms with van der Waals surface area (Å²) in [6.45, 7) is 4.45. The number of carbonyl (C=O) groups excluding carboxylic acids is 2. The topological polar surface area (TPSA) is 88.7 Å². The molecule has 0 aliphatic rings. The third-order valence-electron chi connectivity index (χ3n) is 4.60. The van der Waals surface area contributed by atoms with Gasteiger partial charge in [0, 0.05) is 17.5 Å². The molecule has 0 heterocycles. The lowest BCUT2D eigenvalue weighted by molar-refractivity contribution is 0.0934. The molecule has 3 aromatic carbocycles. The zero-order valence-electron chi connectivity index (χ0n) is 18.5. The Labute approximate surface area is 203 Å². The van der Waals surface area contributed by atoms with E-state index in [0.717, 1.165) is 6.42 Å². The monoisotopic (exact) mass is 475 g/mol. The van der Waals surface area contributed by atoms with E-state index in [1.807, 2.05) is 30.3 Å². The number of benzene rings is 3. The van der Waals surface area contributed by atoms with Crippen molar-refractivity contribution in [3.8, 4) is 11.5 Å². The van der Waals surface area contributed by atoms with E-state index in [1.54, 1.807) is 54.6 Å². The lowest BCUT2D eigenvalue weighted by atomic mass is 10.2. The summed E-state index contributed by atoms with van der Waals surface area (Å²) in [5.41, 5.74) is 6.92. The van der Waals surface area contributed by atoms with E-state index in [0.29, 0.717) is 35.8 Å². The summed E-state index contributed by atoms with van der Waals surface area (Å²) in [7, 11) is 0. The van der Waals surface area contributed by atoms with Gasteiger partial charge in [-0.25, -0.2) is 0 Å². The van der Waals surface area contributed by atoms with Gasteiger partial charge in [0.1, 0.15) is 18.1 Å². The molecule has 0 spiro atoms. The van der Waals surface area contributed by atoms with Gasteiger partial charge in [0.15, 0.2) is 5.11 Å². The van der Waals surface area contributed by atoms with E-state index >= 15 is 0 Å². The van der Waals surface area contributed by atoms with E-state index in [1.165, 1.54) is 5.56 Å². The summed E-state index contributed by atoms with van der Waals surface area (Å²) < 4.78 is 11.1. The Morgan fingerprint density at radius 2 is 1.59 bits per heavy atom. The summed E-state index contributed by atoms with van der Waals surface area (Å²) in [6, 6.07) is 23.4. The van der Waals surface area contributed by atoms with Crippen molar-refractivity contribution < 1.29 is 19.1 Å². The molecule has 0 bridgehead atoms. The highest BCUT2D eigenvalue weighted by molar-refractivity contribution is 7.80. The van der Waals surface area contributed by atoms with Gasteiger partial charge in [-0.15, -0.1) is 0 Å². The van der Waals surface area contributed by atoms with Gasteiger partial charge in [-0.1, -0.05) is 49.1 Å². The number of hydrogen-bond donors (Lipinski definition) is 3. The molecule has 0 saturated carbocycles. The van der Waals surface area contributed by atoms with Gasteiger partial charge in [-0.3, -0.25) is 25.8 Å². The van der Waals surface area contributed by atoms with Crippen molar-refractivity contribution in [2.75, 3.05) is 13.2 Å². The second-order valence-electron chi connectivity index (χ2n) is 7.10. The highest BCUT2D eigenvalue weighted by atomic mass is 32.1. The lowest BCUT2D eigenvalue weighted by Crippen LogP contribution is -2.48. The SMILES string of the molecule is C=CCOc1ccc(C(=O)NNC(=S)NC(=O)c2cccc(OCCc3ccccc3)c2)cc1. The van der Waals surface area contributed by atoms with Crippen molar-refractivity contribution >= 4 is 29.1 Å². The molecule has 3 N–H and O–H groups in total. The van der Waals surface area contributed by atoms with Crippen molar-refractivity contribution in [3.05, 3.63) is 108 Å². The molecule has 34 heavy (non-hydrogen) atoms. The zero-order chi connectivity index (χ0) is 24.2. The lowest BCUT2D eigenvalue weighted by Gasteiger charge is -2.12. The van der Waals surface area contributed by atoms with Crippen molar-refractivity contribution in [1.29, 1.82) is 0 Å². The molecule has 7 nitrogen and oxygen atoms in total. The molecule has 0 unspecified atom stereocenters. The number of ether oxygens (including phenoxy) is 2. The quantitative estimate of drug-likeness (QED) is 0.248. The number of thiocarbonyl (C=S) groups is 1. The molecule has 0 radical (unpaired) electrons. The third-order valence-corrected chi connectivity index (χ3v) is 4.80. The fraction of sp³-hybridized carbons (Fsp3) is 0.115. The first-order valence-electron chi connectivity index (χ1n) is 10.6. The van der Waals surface area contributed by atoms with Gasteiger partial charge < -0.3 is 9.47 Å². The van der Waals surface area contributed by atoms with Crippen LogP contribution < -0.4 is 25.6 Å². The van der Waals surface area contributed by atoms with Crippen LogP contribution in [-0.2, 0) is 6.42 Å². The molecule has 8 heteroatoms. The van der Waals surface area contributed by atoms with E-state index < -0.39 is 11.8 Å². The minimum Gasteiger partial charge on any atom is -0.493 e. The number of rotatable bonds is 9. The Morgan fingerprint density at radius 1 is 0.824 bits per heavy atom. The van der Waals surface area contributed by atoms with Gasteiger partial charge in [0.2, 0.25) is 0 Å². The Kier molecular flexibility index (Phi) is 9.19. The van der Waals surface area contributed by atoms with E-state index in [9.17, 15) is 9.59 Å². The zero-order valence-corrected chi connectivity index (χ0v) is 19.3. The molecule has 0 aliphatic carbocycles. The fourth-order valence-electron chi connectivity index (χ4n) is 2.91. The highest BCUT2D eigenvalue weighted by Crippen LogP contribution is 2.14. The van der Waals surface area contributed by atoms with Crippen LogP contribution in [0.3, 0.4) is 0 Å². The fourth-order valence-corrected chi connectivity index (χ4v) is 3.05. The molecule has 2 amide bonds. The summed E-state index contributed by atoms with van der Waals surface area (Å²) in [5.74, 6) is 0.361. The maximum atomic E-state index is 12.5. The number of hydrazine groups is 1. The molecule has 0 aliphatic heterocycles. The Morgan fingerprint density at radius 3 is 2.32 bits per heavy atom. The summed E-state index contributed by atoms with van der Waals surface area (Å²) in [4.78, 5) is 24.8. The Bertz CT molecular complexity index is 1130. The third kappa shape index (κ3) is 7.75. The van der Waals surface area contributed by atoms with Crippen LogP contribution >= 0.6 is 12.2 Å². The van der Waals surface area contributed by atoms with Crippen LogP contribution in [0.15, 0.2) is 91.5 Å². The van der Waals surface area contributed by atoms with E-state index in [4.69, 9.17) is 21.7 Å². The predicted molar refractivity (Wildman–Crippen MR) is 135 cm³/mol. The number of hydrogen-bond acceptors (Lipinski definition) is 5. The van der Waals surface area contributed by atoms with E-state index in [-0.39, 0.29) is 5.11 Å². The molecule has 3 aromatic rings. The minimum atomic E-state index is -0.427. The standard InChI is InChI=1S/C26H25N3O4S/c1-2-16-32-22-13-11-20(12-14-22)25(31)28-29-26(34)27-24(30)21-9-6-10-23(18-21)33-17-15-19-7-4-3-5-8-19/h2-14,18H,1,15-17H2,(H,28,31)(H2,27,29,30,34). The van der Waals surface area contributed by atoms with Crippen molar-refractivity contribution in [3.63, 3.8) is 0 Å². The van der Waals surface area contributed by atoms with Crippen LogP contribution in [-0.4, -0.2) is 30.1 Å². The second kappa shape index (κ2) is 12.8. The van der Waals surface area contributed by atoms with Crippen LogP contribution in [0.1, 0.15) is 26.3 Å². The first-order chi connectivity index (χ1) is 16.5. The molecular formula is C26H25N3O4S. The summed E-state index contributed by atoms with van der Waals surface area (Å²) in [5, 5.41) is 2.48. The minimum absolute atomic E-state index is 0.0420. The molecular weight excluding hydrogens is 450 g/mol. The van der Waals surface area contributed by atoms with Crippen LogP contribution in [0.25, 0.3) is 0 Å². The molecule has 0 saturated heterocycles. The van der Waals surface area contributed by atoms with Gasteiger partial charge in [0.05, 0.1) is 6.61 Å². The second-order valence-corrected chi connectivity index (χ2v) is 7.51. The maximum absolute atomic E-state index is 12.5. The highest BCUT2D eigenvalue weighted by Gasteiger charge is 2.11. The van der Waals surface area contributed by atoms with Crippen molar-refractivity contribution in [2.45, 2.75) is 6.42 Å². The molecule has 0 fully saturated rings. The number of amides is 2. The largest absolute Gasteiger partial charge is 0.493 e. The molecule has 0 aromatic heterocycles. The predicted octanol–water partition coefficient (Wildman–Crippen LogP) is 3.82. The van der Waals surface area contributed by atoms with Gasteiger partial charge >= 0.3 is 0 Å². The Balaban J connectivity index is 1.44. The molecule has 3 rings (SSSR count). The molecule has 0 atom stereocenters. The van der Waals surface area contributed by atoms with Crippen LogP contribution in [0.5, 0.6) is 11.5 Å². The normalized spacial score (nSPS) is 10.0. The maximum Gasteiger partial charge on any atom is 0.269 e. The van der Waals surface area contributed by atoms with E-state index in [2.05, 4.69) is 22.7 Å². The summed E-state index contributed by atoms with van der Waals surface area (Å²) in [6.07, 6.45) is 2.39. The van der Waals surface area contributed by atoms with Crippen LogP contribution in [0.4, 0.5) is 0 Å². The summed E-state index contributed by atoms with van der Waals surface area (Å²) >= 11 is 5.11. The number of nitrogens with one attached hydrogen (secondary N) is 3. The average molecular weight is 476 g/mol. The average Bonchev–Trinajstić information content (AvgIpc) is 2.87. The van der Waals surface area contributed by atoms with Crippen LogP contribution in [0.2, 0.25) is 0 Å². The van der Waals surface area contributed by atoms with Gasteiger partial charge in [-0.2, -0.15) is 0 Å². The Hall–Kier alpha value is -4.17. The van der Waals surface area contributed by atoms with Crippen LogP contribution in [0, 0.1) is 0 Å². The first-order valence-corrected chi connectivity index (χ1v) is 11.0. The number of carbonyl (C=O) groups is 2. The molecule has 174 valence electrons. The van der Waals surface area contributed by atoms with Gasteiger partial charge in [-0.05, 0) is 60.2 Å². The van der Waals surface area contributed by atoms with Crippen molar-refractivity contribution in [2.24, 2.45) is 0 Å². The smallest absolute Gasteiger partial charge is 0.269 e. The van der Waals surface area contributed by atoms with Crippen molar-refractivity contribution in [1.82, 2.24) is 16.2 Å². The first kappa shape index (κ1) is 24.5.